The number of hydrogen-bond donors (Lipinski definition) is 1. The minimum Gasteiger partial charge on any atom is -0.493 e. The first-order valence-electron chi connectivity index (χ1n) is 11.6. The number of para-hydroxylation sites is 1. The van der Waals surface area contributed by atoms with Crippen LogP contribution in [0.5, 0.6) is 17.2 Å². The second kappa shape index (κ2) is 10.5. The largest absolute Gasteiger partial charge is 0.493 e. The standard InChI is InChI=1S/C28H32N2O4/c1-19(2)20-10-12-23(13-11-20)34-18-25-24-17-27(33-4)26(32-3)16-21(24)14-15-30(25)28(31)29-22-8-6-5-7-9-22/h5-13,16-17,19,25H,14-15,18H2,1-4H3,(H,29,31)/t25-/m1/s1. The Balaban J connectivity index is 1.62. The van der Waals surface area contributed by atoms with Crippen LogP contribution in [0.1, 0.15) is 42.5 Å². The van der Waals surface area contributed by atoms with Crippen LogP contribution in [-0.2, 0) is 6.42 Å². The number of amides is 2. The van der Waals surface area contributed by atoms with E-state index in [0.717, 1.165) is 29.0 Å². The lowest BCUT2D eigenvalue weighted by Crippen LogP contribution is -2.44. The first kappa shape index (κ1) is 23.5. The fourth-order valence-electron chi connectivity index (χ4n) is 4.29. The molecule has 3 aromatic rings. The zero-order valence-corrected chi connectivity index (χ0v) is 20.2. The monoisotopic (exact) mass is 460 g/mol. The minimum absolute atomic E-state index is 0.157. The Hall–Kier alpha value is -3.67. The number of nitrogens with zero attached hydrogens (tertiary/aromatic N) is 1. The number of carbonyl (C=O) groups is 1. The van der Waals surface area contributed by atoms with Gasteiger partial charge >= 0.3 is 6.03 Å². The topological polar surface area (TPSA) is 60.0 Å². The molecule has 2 amide bonds. The predicted molar refractivity (Wildman–Crippen MR) is 134 cm³/mol. The van der Waals surface area contributed by atoms with Crippen LogP contribution in [0, 0.1) is 0 Å². The molecule has 0 aliphatic carbocycles. The lowest BCUT2D eigenvalue weighted by Gasteiger charge is -2.37. The van der Waals surface area contributed by atoms with Gasteiger partial charge in [0, 0.05) is 12.2 Å². The van der Waals surface area contributed by atoms with E-state index in [1.165, 1.54) is 5.56 Å². The van der Waals surface area contributed by atoms with Crippen molar-refractivity contribution in [1.29, 1.82) is 0 Å². The average Bonchev–Trinajstić information content (AvgIpc) is 2.87. The summed E-state index contributed by atoms with van der Waals surface area (Å²) >= 11 is 0. The fourth-order valence-corrected chi connectivity index (χ4v) is 4.29. The smallest absolute Gasteiger partial charge is 0.322 e. The molecule has 0 bridgehead atoms. The van der Waals surface area contributed by atoms with Gasteiger partial charge in [0.05, 0.1) is 20.3 Å². The Labute approximate surface area is 201 Å². The molecule has 1 atom stereocenters. The first-order chi connectivity index (χ1) is 16.5. The maximum atomic E-state index is 13.3. The summed E-state index contributed by atoms with van der Waals surface area (Å²) in [6.45, 7) is 5.23. The number of anilines is 1. The second-order valence-corrected chi connectivity index (χ2v) is 8.70. The molecule has 0 aromatic heterocycles. The highest BCUT2D eigenvalue weighted by atomic mass is 16.5. The number of ether oxygens (including phenoxy) is 3. The van der Waals surface area contributed by atoms with Crippen molar-refractivity contribution in [2.45, 2.75) is 32.2 Å². The average molecular weight is 461 g/mol. The first-order valence-corrected chi connectivity index (χ1v) is 11.6. The van der Waals surface area contributed by atoms with Crippen molar-refractivity contribution >= 4 is 11.7 Å². The zero-order valence-electron chi connectivity index (χ0n) is 20.2. The van der Waals surface area contributed by atoms with Gasteiger partial charge in [-0.25, -0.2) is 4.79 Å². The molecule has 0 radical (unpaired) electrons. The Bertz CT molecular complexity index is 1110. The van der Waals surface area contributed by atoms with Gasteiger partial charge in [-0.15, -0.1) is 0 Å². The van der Waals surface area contributed by atoms with Crippen LogP contribution >= 0.6 is 0 Å². The van der Waals surface area contributed by atoms with Crippen LogP contribution in [-0.4, -0.2) is 38.3 Å². The highest BCUT2D eigenvalue weighted by Gasteiger charge is 2.33. The highest BCUT2D eigenvalue weighted by molar-refractivity contribution is 5.89. The number of rotatable bonds is 7. The molecule has 1 aliphatic rings. The van der Waals surface area contributed by atoms with Gasteiger partial charge in [-0.2, -0.15) is 0 Å². The van der Waals surface area contributed by atoms with Crippen molar-refractivity contribution in [1.82, 2.24) is 4.90 Å². The number of nitrogens with one attached hydrogen (secondary N) is 1. The van der Waals surface area contributed by atoms with E-state index in [-0.39, 0.29) is 12.1 Å². The van der Waals surface area contributed by atoms with Crippen LogP contribution in [0.4, 0.5) is 10.5 Å². The van der Waals surface area contributed by atoms with Crippen molar-refractivity contribution in [3.05, 3.63) is 83.4 Å². The maximum Gasteiger partial charge on any atom is 0.322 e. The Morgan fingerprint density at radius 1 is 1.00 bits per heavy atom. The molecule has 1 aliphatic heterocycles. The third-order valence-corrected chi connectivity index (χ3v) is 6.24. The molecule has 0 saturated carbocycles. The molecule has 178 valence electrons. The number of urea groups is 1. The summed E-state index contributed by atoms with van der Waals surface area (Å²) in [6, 6.07) is 21.2. The Kier molecular flexibility index (Phi) is 7.26. The third kappa shape index (κ3) is 5.11. The van der Waals surface area contributed by atoms with Crippen molar-refractivity contribution in [2.75, 3.05) is 32.7 Å². The minimum atomic E-state index is -0.281. The van der Waals surface area contributed by atoms with Crippen LogP contribution in [0.15, 0.2) is 66.7 Å². The molecular weight excluding hydrogens is 428 g/mol. The molecule has 4 rings (SSSR count). The highest BCUT2D eigenvalue weighted by Crippen LogP contribution is 2.38. The molecule has 0 spiro atoms. The van der Waals surface area contributed by atoms with Gasteiger partial charge < -0.3 is 24.4 Å². The molecule has 0 saturated heterocycles. The summed E-state index contributed by atoms with van der Waals surface area (Å²) in [5, 5.41) is 3.02. The molecule has 1 N–H and O–H groups in total. The van der Waals surface area contributed by atoms with Gasteiger partial charge in [-0.3, -0.25) is 0 Å². The fraction of sp³-hybridized carbons (Fsp3) is 0.321. The normalized spacial score (nSPS) is 15.0. The summed E-state index contributed by atoms with van der Waals surface area (Å²) in [7, 11) is 3.25. The molecule has 6 nitrogen and oxygen atoms in total. The van der Waals surface area contributed by atoms with Crippen molar-refractivity contribution in [3.8, 4) is 17.2 Å². The quantitative estimate of drug-likeness (QED) is 0.467. The Morgan fingerprint density at radius 2 is 1.68 bits per heavy atom. The van der Waals surface area contributed by atoms with Gasteiger partial charge in [0.1, 0.15) is 12.4 Å². The van der Waals surface area contributed by atoms with Gasteiger partial charge in [0.2, 0.25) is 0 Å². The summed E-state index contributed by atoms with van der Waals surface area (Å²) < 4.78 is 17.3. The van der Waals surface area contributed by atoms with Gasteiger partial charge in [-0.05, 0) is 65.4 Å². The number of fused-ring (bicyclic) bond motifs is 1. The van der Waals surface area contributed by atoms with Crippen LogP contribution in [0.3, 0.4) is 0 Å². The van der Waals surface area contributed by atoms with E-state index in [2.05, 4.69) is 31.3 Å². The predicted octanol–water partition coefficient (Wildman–Crippen LogP) is 6.04. The molecule has 34 heavy (non-hydrogen) atoms. The molecule has 3 aromatic carbocycles. The van der Waals surface area contributed by atoms with E-state index in [0.29, 0.717) is 30.6 Å². The van der Waals surface area contributed by atoms with E-state index in [9.17, 15) is 4.79 Å². The lowest BCUT2D eigenvalue weighted by molar-refractivity contribution is 0.144. The summed E-state index contributed by atoms with van der Waals surface area (Å²) in [5.74, 6) is 2.56. The number of methoxy groups -OCH3 is 2. The van der Waals surface area contributed by atoms with Crippen molar-refractivity contribution in [2.24, 2.45) is 0 Å². The van der Waals surface area contributed by atoms with Gasteiger partial charge in [-0.1, -0.05) is 44.2 Å². The third-order valence-electron chi connectivity index (χ3n) is 6.24. The van der Waals surface area contributed by atoms with E-state index in [1.807, 2.05) is 59.5 Å². The summed E-state index contributed by atoms with van der Waals surface area (Å²) in [4.78, 5) is 15.1. The second-order valence-electron chi connectivity index (χ2n) is 8.70. The Morgan fingerprint density at radius 3 is 2.32 bits per heavy atom. The molecule has 6 heteroatoms. The van der Waals surface area contributed by atoms with E-state index in [1.54, 1.807) is 14.2 Å². The number of benzene rings is 3. The zero-order chi connectivity index (χ0) is 24.1. The molecule has 0 fully saturated rings. The van der Waals surface area contributed by atoms with Crippen LogP contribution < -0.4 is 19.5 Å². The number of hydrogen-bond acceptors (Lipinski definition) is 4. The number of carbonyl (C=O) groups excluding carboxylic acids is 1. The van der Waals surface area contributed by atoms with Crippen LogP contribution in [0.2, 0.25) is 0 Å². The van der Waals surface area contributed by atoms with E-state index >= 15 is 0 Å². The van der Waals surface area contributed by atoms with Crippen molar-refractivity contribution in [3.63, 3.8) is 0 Å². The summed E-state index contributed by atoms with van der Waals surface area (Å²) in [6.07, 6.45) is 0.720. The summed E-state index contributed by atoms with van der Waals surface area (Å²) in [5.41, 5.74) is 4.15. The molecule has 0 unspecified atom stereocenters. The maximum absolute atomic E-state index is 13.3. The lowest BCUT2D eigenvalue weighted by atomic mass is 9.92. The van der Waals surface area contributed by atoms with Gasteiger partial charge in [0.15, 0.2) is 11.5 Å². The molecular formula is C28H32N2O4. The van der Waals surface area contributed by atoms with E-state index < -0.39 is 0 Å². The molecule has 1 heterocycles. The van der Waals surface area contributed by atoms with E-state index in [4.69, 9.17) is 14.2 Å². The van der Waals surface area contributed by atoms with Crippen LogP contribution in [0.25, 0.3) is 0 Å². The van der Waals surface area contributed by atoms with Crippen molar-refractivity contribution < 1.29 is 19.0 Å². The SMILES string of the molecule is COc1cc2c(cc1OC)[C@@H](COc1ccc(C(C)C)cc1)N(C(=O)Nc1ccccc1)CC2. The van der Waals surface area contributed by atoms with Gasteiger partial charge in [0.25, 0.3) is 0 Å².